The molecule has 0 saturated carbocycles. The van der Waals surface area contributed by atoms with Crippen LogP contribution in [0.4, 0.5) is 0 Å². The first-order valence-corrected chi connectivity index (χ1v) is 26.5. The number of benzene rings is 4. The third kappa shape index (κ3) is 3.95. The monoisotopic (exact) mass is 608 g/mol. The van der Waals surface area contributed by atoms with Crippen molar-refractivity contribution >= 4 is 65.4 Å². The van der Waals surface area contributed by atoms with E-state index < -0.39 is 17.4 Å². The van der Waals surface area contributed by atoms with Gasteiger partial charge in [-0.05, 0) is 0 Å². The Balaban J connectivity index is 0.00000152. The smallest absolute Gasteiger partial charge is 0.147 e. The Bertz CT molecular complexity index is 1510. The van der Waals surface area contributed by atoms with Gasteiger partial charge in [-0.2, -0.15) is 0 Å². The van der Waals surface area contributed by atoms with Gasteiger partial charge >= 0.3 is 207 Å². The Morgan fingerprint density at radius 1 is 0.611 bits per heavy atom. The summed E-state index contributed by atoms with van der Waals surface area (Å²) in [6, 6.07) is 27.6. The average Bonchev–Trinajstić information content (AvgIpc) is 3.44. The zero-order valence-electron chi connectivity index (χ0n) is 21.7. The van der Waals surface area contributed by atoms with Crippen molar-refractivity contribution in [1.82, 2.24) is 0 Å². The van der Waals surface area contributed by atoms with Crippen molar-refractivity contribution in [2.24, 2.45) is 0 Å². The first kappa shape index (κ1) is 27.6. The van der Waals surface area contributed by atoms with Gasteiger partial charge in [-0.3, -0.25) is 0 Å². The van der Waals surface area contributed by atoms with Gasteiger partial charge < -0.3 is 0 Å². The molecule has 0 spiro atoms. The van der Waals surface area contributed by atoms with E-state index in [1.807, 2.05) is 0 Å². The summed E-state index contributed by atoms with van der Waals surface area (Å²) in [7, 11) is 0. The summed E-state index contributed by atoms with van der Waals surface area (Å²) in [5, 5.41) is 5.71. The van der Waals surface area contributed by atoms with Gasteiger partial charge in [0.05, 0.1) is 0 Å². The third-order valence-corrected chi connectivity index (χ3v) is 26.1. The maximum Gasteiger partial charge on any atom is -0.147 e. The second-order valence-electron chi connectivity index (χ2n) is 11.5. The molecule has 2 aliphatic carbocycles. The number of allylic oxidation sites excluding steroid dienone is 2. The Labute approximate surface area is 230 Å². The molecule has 4 aromatic rings. The summed E-state index contributed by atoms with van der Waals surface area (Å²) < 4.78 is 6.71. The third-order valence-electron chi connectivity index (χ3n) is 8.72. The van der Waals surface area contributed by atoms with Crippen molar-refractivity contribution in [1.29, 1.82) is 0 Å². The zero-order chi connectivity index (χ0) is 23.7. The van der Waals surface area contributed by atoms with Crippen molar-refractivity contribution in [3.8, 4) is 0 Å². The summed E-state index contributed by atoms with van der Waals surface area (Å²) in [4.78, 5) is 0. The molecular weight excluding hydrogens is 575 g/mol. The molecule has 6 rings (SSSR count). The first-order valence-electron chi connectivity index (χ1n) is 12.8. The van der Waals surface area contributed by atoms with E-state index in [0.717, 1.165) is 12.8 Å². The van der Waals surface area contributed by atoms with E-state index >= 15 is 0 Å². The van der Waals surface area contributed by atoms with Crippen LogP contribution in [0.15, 0.2) is 83.9 Å². The van der Waals surface area contributed by atoms with Crippen LogP contribution < -0.4 is 0 Å². The van der Waals surface area contributed by atoms with Crippen molar-refractivity contribution in [2.45, 2.75) is 43.2 Å². The van der Waals surface area contributed by atoms with Gasteiger partial charge in [0.1, 0.15) is 0 Å². The van der Waals surface area contributed by atoms with Crippen LogP contribution in [0.1, 0.15) is 56.2 Å². The molecule has 2 aliphatic rings. The summed E-state index contributed by atoms with van der Waals surface area (Å²) in [5.41, 5.74) is 9.53. The van der Waals surface area contributed by atoms with Crippen molar-refractivity contribution < 1.29 is 17.4 Å². The van der Waals surface area contributed by atoms with Crippen LogP contribution in [0, 0.1) is 0 Å². The fraction of sp³-hybridized carbons (Fsp3) is 0.250. The molecule has 0 saturated heterocycles. The van der Waals surface area contributed by atoms with Gasteiger partial charge in [0.15, 0.2) is 0 Å². The minimum absolute atomic E-state index is 0. The van der Waals surface area contributed by atoms with Gasteiger partial charge in [0.2, 0.25) is 0 Å². The number of fused-ring (bicyclic) bond motifs is 6. The Hall–Kier alpha value is -1.44. The Kier molecular flexibility index (Phi) is 7.44. The molecule has 0 aromatic heterocycles. The Morgan fingerprint density at radius 3 is 1.39 bits per heavy atom. The van der Waals surface area contributed by atoms with E-state index in [1.54, 1.807) is 22.3 Å². The van der Waals surface area contributed by atoms with Crippen molar-refractivity contribution in [3.05, 3.63) is 106 Å². The first-order chi connectivity index (χ1) is 16.3. The van der Waals surface area contributed by atoms with Crippen molar-refractivity contribution in [3.63, 3.8) is 0 Å². The molecule has 0 radical (unpaired) electrons. The van der Waals surface area contributed by atoms with Crippen LogP contribution in [0.5, 0.6) is 0 Å². The molecule has 0 N–H and O–H groups in total. The molecule has 36 heavy (non-hydrogen) atoms. The molecule has 0 fully saturated rings. The summed E-state index contributed by atoms with van der Waals surface area (Å²) in [5.74, 6) is 0. The summed E-state index contributed by atoms with van der Waals surface area (Å²) in [6.07, 6.45) is 7.37. The zero-order valence-corrected chi connectivity index (χ0v) is 27.2. The summed E-state index contributed by atoms with van der Waals surface area (Å²) >= 11 is -3.54. The second-order valence-corrected chi connectivity index (χ2v) is 42.0. The predicted octanol–water partition coefficient (Wildman–Crippen LogP) is 9.57. The molecule has 4 heteroatoms. The normalized spacial score (nSPS) is 18.7. The van der Waals surface area contributed by atoms with Crippen LogP contribution >= 0.6 is 24.8 Å². The molecule has 0 aliphatic heterocycles. The van der Waals surface area contributed by atoms with Crippen LogP contribution in [-0.2, 0) is 17.4 Å². The van der Waals surface area contributed by atoms with Gasteiger partial charge in [-0.15, -0.1) is 24.8 Å². The minimum atomic E-state index is -3.54. The Morgan fingerprint density at radius 2 is 1.00 bits per heavy atom. The number of rotatable bonds is 4. The molecule has 0 amide bonds. The standard InChI is InChI=1S/2C15H13.2CH3.2ClH.H2Si.Zr/c2*1-2-11-9-13-8-7-12-5-3-4-6-14(12)15(13)10-11;;;;;;/h2*3-10H,2H2,1H3;2*1H3;2*1H;1H2;. The number of hydrogen-bond acceptors (Lipinski definition) is 0. The number of hydrogen-bond donors (Lipinski definition) is 0. The maximum absolute atomic E-state index is 3.54. The van der Waals surface area contributed by atoms with Gasteiger partial charge in [-0.1, -0.05) is 0 Å². The molecule has 2 unspecified atom stereocenters. The van der Waals surface area contributed by atoms with Crippen LogP contribution in [-0.4, -0.2) is 6.88 Å². The second kappa shape index (κ2) is 9.70. The van der Waals surface area contributed by atoms with Crippen LogP contribution in [0.2, 0.25) is 9.26 Å². The number of halogens is 2. The fourth-order valence-electron chi connectivity index (χ4n) is 7.40. The molecular formula is C32H36Cl2SiZr. The van der Waals surface area contributed by atoms with Gasteiger partial charge in [0.25, 0.3) is 0 Å². The van der Waals surface area contributed by atoms with Gasteiger partial charge in [-0.25, -0.2) is 0 Å². The topological polar surface area (TPSA) is 0 Å². The minimum Gasteiger partial charge on any atom is -0.147 e. The van der Waals surface area contributed by atoms with E-state index in [9.17, 15) is 0 Å². The fourth-order valence-corrected chi connectivity index (χ4v) is 27.4. The van der Waals surface area contributed by atoms with E-state index in [1.165, 1.54) is 32.7 Å². The van der Waals surface area contributed by atoms with E-state index in [-0.39, 0.29) is 24.8 Å². The molecule has 2 atom stereocenters. The van der Waals surface area contributed by atoms with E-state index in [0.29, 0.717) is 7.25 Å². The summed E-state index contributed by atoms with van der Waals surface area (Å²) in [6.45, 7) is 7.21. The van der Waals surface area contributed by atoms with Crippen LogP contribution in [0.3, 0.4) is 0 Å². The molecule has 4 aromatic carbocycles. The predicted molar refractivity (Wildman–Crippen MR) is 165 cm³/mol. The van der Waals surface area contributed by atoms with Crippen molar-refractivity contribution in [2.75, 3.05) is 0 Å². The average molecular weight is 611 g/mol. The SMILES string of the molecule is CCC1=Cc2ccc3ccccc3c2[CH]1[Zr]([CH3])([CH3])(=[SiH2])[CH]1C(CC)=Cc2ccc3ccccc3c21.Cl.Cl. The quantitative estimate of drug-likeness (QED) is 0.202. The van der Waals surface area contributed by atoms with E-state index in [4.69, 9.17) is 0 Å². The molecule has 0 bridgehead atoms. The van der Waals surface area contributed by atoms with Gasteiger partial charge in [0, 0.05) is 0 Å². The maximum atomic E-state index is 2.77. The largest absolute Gasteiger partial charge is 0.147 e. The molecule has 0 heterocycles. The molecule has 186 valence electrons. The van der Waals surface area contributed by atoms with E-state index in [2.05, 4.69) is 115 Å². The van der Waals surface area contributed by atoms with Crippen LogP contribution in [0.25, 0.3) is 33.7 Å². The molecule has 0 nitrogen and oxygen atoms in total.